The van der Waals surface area contributed by atoms with Crippen molar-refractivity contribution in [1.82, 2.24) is 9.78 Å². The van der Waals surface area contributed by atoms with Crippen LogP contribution in [0.1, 0.15) is 17.0 Å². The Balaban J connectivity index is 1.65. The topological polar surface area (TPSA) is 85.2 Å². The zero-order valence-electron chi connectivity index (χ0n) is 16.7. The number of benzene rings is 2. The van der Waals surface area contributed by atoms with Crippen LogP contribution >= 0.6 is 0 Å². The third-order valence-electron chi connectivity index (χ3n) is 4.51. The lowest BCUT2D eigenvalue weighted by Crippen LogP contribution is -2.17. The molecular weight excluding hydrogens is 368 g/mol. The maximum absolute atomic E-state index is 12.5. The lowest BCUT2D eigenvalue weighted by Gasteiger charge is -2.08. The third-order valence-corrected chi connectivity index (χ3v) is 4.51. The van der Waals surface area contributed by atoms with Crippen molar-refractivity contribution in [3.8, 4) is 5.69 Å². The Hall–Kier alpha value is -3.45. The van der Waals surface area contributed by atoms with Crippen molar-refractivity contribution in [1.29, 1.82) is 0 Å². The van der Waals surface area contributed by atoms with Gasteiger partial charge in [0.15, 0.2) is 0 Å². The first-order valence-corrected chi connectivity index (χ1v) is 9.27. The molecule has 0 saturated carbocycles. The number of methoxy groups -OCH3 is 1. The van der Waals surface area contributed by atoms with Crippen LogP contribution in [0.2, 0.25) is 0 Å². The molecule has 0 spiro atoms. The summed E-state index contributed by atoms with van der Waals surface area (Å²) in [7, 11) is 1.46. The summed E-state index contributed by atoms with van der Waals surface area (Å²) in [4.78, 5) is 24.1. The van der Waals surface area contributed by atoms with Gasteiger partial charge in [-0.2, -0.15) is 5.10 Å². The van der Waals surface area contributed by atoms with Crippen LogP contribution in [0.25, 0.3) is 5.69 Å². The van der Waals surface area contributed by atoms with Crippen molar-refractivity contribution in [2.75, 3.05) is 24.4 Å². The molecule has 3 rings (SSSR count). The van der Waals surface area contributed by atoms with Crippen LogP contribution in [0.15, 0.2) is 54.6 Å². The van der Waals surface area contributed by atoms with Crippen LogP contribution in [-0.2, 0) is 20.7 Å². The fourth-order valence-electron chi connectivity index (χ4n) is 3.08. The molecule has 29 heavy (non-hydrogen) atoms. The second kappa shape index (κ2) is 9.16. The summed E-state index contributed by atoms with van der Waals surface area (Å²) in [5, 5.41) is 10.2. The number of nitrogens with zero attached hydrogens (tertiary/aromatic N) is 2. The van der Waals surface area contributed by atoms with Crippen molar-refractivity contribution in [2.24, 2.45) is 0 Å². The van der Waals surface area contributed by atoms with E-state index in [4.69, 9.17) is 4.74 Å². The molecule has 0 atom stereocenters. The first kappa shape index (κ1) is 20.3. The van der Waals surface area contributed by atoms with Crippen LogP contribution in [-0.4, -0.2) is 35.3 Å². The number of hydrogen-bond acceptors (Lipinski definition) is 4. The average Bonchev–Trinajstić information content (AvgIpc) is 2.98. The number of ether oxygens (including phenoxy) is 1. The first-order chi connectivity index (χ1) is 14.0. The molecule has 1 aromatic heterocycles. The summed E-state index contributed by atoms with van der Waals surface area (Å²) in [6.45, 7) is 3.87. The number of carbonyl (C=O) groups excluding carboxylic acids is 2. The average molecular weight is 392 g/mol. The highest BCUT2D eigenvalue weighted by Gasteiger charge is 2.16. The molecule has 2 amide bonds. The molecule has 0 unspecified atom stereocenters. The molecule has 0 aliphatic carbocycles. The zero-order chi connectivity index (χ0) is 20.8. The molecule has 0 saturated heterocycles. The monoisotopic (exact) mass is 392 g/mol. The van der Waals surface area contributed by atoms with Gasteiger partial charge in [-0.05, 0) is 50.2 Å². The van der Waals surface area contributed by atoms with Crippen LogP contribution < -0.4 is 10.6 Å². The number of amides is 2. The van der Waals surface area contributed by atoms with Crippen LogP contribution in [0.5, 0.6) is 0 Å². The molecule has 0 aliphatic rings. The quantitative estimate of drug-likeness (QED) is 0.646. The van der Waals surface area contributed by atoms with E-state index in [1.807, 2.05) is 48.9 Å². The normalized spacial score (nSPS) is 10.6. The Morgan fingerprint density at radius 3 is 2.10 bits per heavy atom. The van der Waals surface area contributed by atoms with Gasteiger partial charge in [-0.15, -0.1) is 0 Å². The van der Waals surface area contributed by atoms with Gasteiger partial charge in [-0.25, -0.2) is 4.68 Å². The lowest BCUT2D eigenvalue weighted by atomic mass is 10.1. The van der Waals surface area contributed by atoms with E-state index in [1.54, 1.807) is 24.3 Å². The van der Waals surface area contributed by atoms with Crippen LogP contribution in [0, 0.1) is 13.8 Å². The summed E-state index contributed by atoms with van der Waals surface area (Å²) in [6, 6.07) is 16.8. The number of nitrogens with one attached hydrogen (secondary N) is 2. The zero-order valence-corrected chi connectivity index (χ0v) is 16.7. The lowest BCUT2D eigenvalue weighted by molar-refractivity contribution is -0.119. The Morgan fingerprint density at radius 2 is 1.52 bits per heavy atom. The molecular formula is C22H24N4O3. The van der Waals surface area contributed by atoms with Gasteiger partial charge in [0.1, 0.15) is 6.61 Å². The van der Waals surface area contributed by atoms with Gasteiger partial charge in [0, 0.05) is 29.7 Å². The van der Waals surface area contributed by atoms with Gasteiger partial charge in [0.2, 0.25) is 11.8 Å². The van der Waals surface area contributed by atoms with E-state index in [2.05, 4.69) is 15.7 Å². The van der Waals surface area contributed by atoms with Crippen LogP contribution in [0.3, 0.4) is 0 Å². The highest BCUT2D eigenvalue weighted by Crippen LogP contribution is 2.19. The second-order valence-corrected chi connectivity index (χ2v) is 6.68. The predicted molar refractivity (Wildman–Crippen MR) is 112 cm³/mol. The van der Waals surface area contributed by atoms with Gasteiger partial charge < -0.3 is 15.4 Å². The molecule has 2 aromatic carbocycles. The summed E-state index contributed by atoms with van der Waals surface area (Å²) in [5.41, 5.74) is 4.95. The maximum Gasteiger partial charge on any atom is 0.250 e. The fraction of sp³-hybridized carbons (Fsp3) is 0.227. The molecule has 150 valence electrons. The Labute approximate surface area is 169 Å². The molecule has 0 fully saturated rings. The molecule has 0 radical (unpaired) electrons. The minimum absolute atomic E-state index is 0.00610. The predicted octanol–water partition coefficient (Wildman–Crippen LogP) is 3.26. The maximum atomic E-state index is 12.5. The molecule has 7 nitrogen and oxygen atoms in total. The summed E-state index contributed by atoms with van der Waals surface area (Å²) >= 11 is 0. The van der Waals surface area contributed by atoms with Crippen molar-refractivity contribution >= 4 is 23.2 Å². The third kappa shape index (κ3) is 5.08. The van der Waals surface area contributed by atoms with Gasteiger partial charge >= 0.3 is 0 Å². The smallest absolute Gasteiger partial charge is 0.250 e. The number of para-hydroxylation sites is 1. The Bertz CT molecular complexity index is 995. The highest BCUT2D eigenvalue weighted by atomic mass is 16.5. The summed E-state index contributed by atoms with van der Waals surface area (Å²) in [6.07, 6.45) is 0.233. The molecule has 2 N–H and O–H groups in total. The van der Waals surface area contributed by atoms with E-state index in [9.17, 15) is 9.59 Å². The second-order valence-electron chi connectivity index (χ2n) is 6.68. The van der Waals surface area contributed by atoms with Crippen molar-refractivity contribution in [3.05, 3.63) is 71.5 Å². The number of anilines is 2. The fourth-order valence-corrected chi connectivity index (χ4v) is 3.08. The van der Waals surface area contributed by atoms with Gasteiger partial charge in [0.25, 0.3) is 0 Å². The number of hydrogen-bond donors (Lipinski definition) is 2. The Morgan fingerprint density at radius 1 is 0.931 bits per heavy atom. The minimum Gasteiger partial charge on any atom is -0.375 e. The van der Waals surface area contributed by atoms with Crippen molar-refractivity contribution in [3.63, 3.8) is 0 Å². The molecule has 0 bridgehead atoms. The van der Waals surface area contributed by atoms with Crippen molar-refractivity contribution < 1.29 is 14.3 Å². The van der Waals surface area contributed by atoms with E-state index in [0.29, 0.717) is 11.4 Å². The van der Waals surface area contributed by atoms with Crippen molar-refractivity contribution in [2.45, 2.75) is 20.3 Å². The van der Waals surface area contributed by atoms with E-state index in [-0.39, 0.29) is 24.8 Å². The SMILES string of the molecule is COCC(=O)Nc1ccc(NC(=O)Cc2c(C)nn(-c3ccccc3)c2C)cc1. The molecule has 3 aromatic rings. The first-order valence-electron chi connectivity index (χ1n) is 9.27. The van der Waals surface area contributed by atoms with Gasteiger partial charge in [0.05, 0.1) is 17.8 Å². The highest BCUT2D eigenvalue weighted by molar-refractivity contribution is 5.94. The summed E-state index contributed by atoms with van der Waals surface area (Å²) in [5.74, 6) is -0.356. The summed E-state index contributed by atoms with van der Waals surface area (Å²) < 4.78 is 6.64. The number of aromatic nitrogens is 2. The number of aryl methyl sites for hydroxylation is 1. The van der Waals surface area contributed by atoms with E-state index < -0.39 is 0 Å². The number of rotatable bonds is 7. The van der Waals surface area contributed by atoms with E-state index in [1.165, 1.54) is 7.11 Å². The standard InChI is InChI=1S/C22H24N4O3/c1-15-20(16(2)26(25-15)19-7-5-4-6-8-19)13-21(27)23-17-9-11-18(12-10-17)24-22(28)14-29-3/h4-12H,13-14H2,1-3H3,(H,23,27)(H,24,28). The molecule has 7 heteroatoms. The van der Waals surface area contributed by atoms with E-state index in [0.717, 1.165) is 22.6 Å². The molecule has 1 heterocycles. The van der Waals surface area contributed by atoms with Crippen LogP contribution in [0.4, 0.5) is 11.4 Å². The van der Waals surface area contributed by atoms with Gasteiger partial charge in [-0.3, -0.25) is 9.59 Å². The number of carbonyl (C=O) groups is 2. The largest absolute Gasteiger partial charge is 0.375 e. The van der Waals surface area contributed by atoms with E-state index >= 15 is 0 Å². The molecule has 0 aliphatic heterocycles. The van der Waals surface area contributed by atoms with Gasteiger partial charge in [-0.1, -0.05) is 18.2 Å². The minimum atomic E-state index is -0.231. The Kier molecular flexibility index (Phi) is 6.41.